The number of carbonyl (C=O) groups excluding carboxylic acids is 2. The molecule has 2 atom stereocenters. The molecule has 0 rings (SSSR count). The van der Waals surface area contributed by atoms with Gasteiger partial charge in [-0.15, -0.1) is 6.58 Å². The number of rotatable bonds is 8. The fraction of sp³-hybridized carbons (Fsp3) is 0.615. The summed E-state index contributed by atoms with van der Waals surface area (Å²) < 4.78 is 9.67. The van der Waals surface area contributed by atoms with Crippen molar-refractivity contribution >= 4 is 17.9 Å². The van der Waals surface area contributed by atoms with Crippen LogP contribution in [0.4, 0.5) is 0 Å². The predicted molar refractivity (Wildman–Crippen MR) is 67.4 cm³/mol. The Bertz CT molecular complexity index is 362. The van der Waals surface area contributed by atoms with E-state index >= 15 is 0 Å². The Morgan fingerprint density at radius 2 is 1.89 bits per heavy atom. The van der Waals surface area contributed by atoms with Gasteiger partial charge in [0.05, 0.1) is 12.7 Å². The van der Waals surface area contributed by atoms with Crippen LogP contribution in [-0.4, -0.2) is 35.7 Å². The molecule has 0 aromatic heterocycles. The second-order valence-electron chi connectivity index (χ2n) is 4.05. The molecule has 0 aliphatic carbocycles. The molecule has 0 fully saturated rings. The molecule has 0 radical (unpaired) electrons. The lowest BCUT2D eigenvalue weighted by Gasteiger charge is -2.25. The smallest absolute Gasteiger partial charge is 0.335 e. The third-order valence-electron chi connectivity index (χ3n) is 2.67. The molecule has 6 nitrogen and oxygen atoms in total. The van der Waals surface area contributed by atoms with Crippen LogP contribution in [0.15, 0.2) is 12.7 Å². The van der Waals surface area contributed by atoms with Crippen LogP contribution in [0.1, 0.15) is 33.6 Å². The molecule has 0 spiro atoms. The summed E-state index contributed by atoms with van der Waals surface area (Å²) in [7, 11) is 0. The summed E-state index contributed by atoms with van der Waals surface area (Å²) in [5.74, 6) is -3.84. The highest BCUT2D eigenvalue weighted by Crippen LogP contribution is 2.28. The molecule has 0 heterocycles. The van der Waals surface area contributed by atoms with Crippen molar-refractivity contribution in [3.05, 3.63) is 12.7 Å². The molecule has 0 saturated carbocycles. The zero-order valence-electron chi connectivity index (χ0n) is 11.5. The minimum absolute atomic E-state index is 0.0262. The van der Waals surface area contributed by atoms with Gasteiger partial charge in [0, 0.05) is 6.42 Å². The molecular formula is C13H20O6. The average Bonchev–Trinajstić information content (AvgIpc) is 2.35. The van der Waals surface area contributed by atoms with Gasteiger partial charge >= 0.3 is 17.9 Å². The summed E-state index contributed by atoms with van der Waals surface area (Å²) in [6, 6.07) is 0. The average molecular weight is 272 g/mol. The van der Waals surface area contributed by atoms with E-state index < -0.39 is 29.4 Å². The summed E-state index contributed by atoms with van der Waals surface area (Å²) in [5, 5.41) is 9.26. The van der Waals surface area contributed by atoms with Crippen molar-refractivity contribution < 1.29 is 29.0 Å². The summed E-state index contributed by atoms with van der Waals surface area (Å²) in [4.78, 5) is 35.3. The first-order valence-electron chi connectivity index (χ1n) is 6.09. The third kappa shape index (κ3) is 3.81. The molecule has 19 heavy (non-hydrogen) atoms. The number of carbonyl (C=O) groups is 3. The van der Waals surface area contributed by atoms with Crippen molar-refractivity contribution in [3.63, 3.8) is 0 Å². The number of hydrogen-bond acceptors (Lipinski definition) is 5. The highest BCUT2D eigenvalue weighted by molar-refractivity contribution is 6.17. The van der Waals surface area contributed by atoms with Crippen LogP contribution in [0, 0.1) is 5.41 Å². The second kappa shape index (κ2) is 7.56. The molecule has 0 bridgehead atoms. The van der Waals surface area contributed by atoms with E-state index in [1.165, 1.54) is 13.0 Å². The fourth-order valence-electron chi connectivity index (χ4n) is 1.35. The number of esters is 2. The Morgan fingerprint density at radius 3 is 2.26 bits per heavy atom. The summed E-state index contributed by atoms with van der Waals surface area (Å²) in [6.07, 6.45) is 0.836. The quantitative estimate of drug-likeness (QED) is 0.409. The lowest BCUT2D eigenvalue weighted by molar-refractivity contribution is -0.183. The van der Waals surface area contributed by atoms with Gasteiger partial charge in [0.15, 0.2) is 0 Å². The van der Waals surface area contributed by atoms with E-state index in [-0.39, 0.29) is 13.0 Å². The Hall–Kier alpha value is -1.85. The van der Waals surface area contributed by atoms with E-state index in [0.717, 1.165) is 0 Å². The highest BCUT2D eigenvalue weighted by atomic mass is 16.6. The van der Waals surface area contributed by atoms with E-state index in [9.17, 15) is 19.5 Å². The van der Waals surface area contributed by atoms with E-state index in [4.69, 9.17) is 4.74 Å². The first-order valence-corrected chi connectivity index (χ1v) is 6.09. The molecule has 6 heteroatoms. The minimum atomic E-state index is -2.37. The summed E-state index contributed by atoms with van der Waals surface area (Å²) in [5.41, 5.74) is -2.37. The van der Waals surface area contributed by atoms with Crippen molar-refractivity contribution in [2.75, 3.05) is 6.61 Å². The van der Waals surface area contributed by atoms with Gasteiger partial charge in [0.2, 0.25) is 0 Å². The highest BCUT2D eigenvalue weighted by Gasteiger charge is 2.55. The van der Waals surface area contributed by atoms with E-state index in [2.05, 4.69) is 11.3 Å². The maximum Gasteiger partial charge on any atom is 0.335 e. The van der Waals surface area contributed by atoms with Gasteiger partial charge in [0.25, 0.3) is 5.41 Å². The molecule has 0 aromatic carbocycles. The zero-order chi connectivity index (χ0) is 15.1. The predicted octanol–water partition coefficient (Wildman–Crippen LogP) is 1.54. The van der Waals surface area contributed by atoms with Gasteiger partial charge < -0.3 is 14.6 Å². The van der Waals surface area contributed by atoms with Gasteiger partial charge in [0.1, 0.15) is 0 Å². The Balaban J connectivity index is 5.45. The van der Waals surface area contributed by atoms with E-state index in [0.29, 0.717) is 6.42 Å². The van der Waals surface area contributed by atoms with Crippen molar-refractivity contribution in [1.29, 1.82) is 0 Å². The first-order chi connectivity index (χ1) is 8.86. The van der Waals surface area contributed by atoms with Crippen LogP contribution in [0.2, 0.25) is 0 Å². The molecule has 0 aliphatic heterocycles. The molecule has 0 aromatic rings. The van der Waals surface area contributed by atoms with Gasteiger partial charge in [-0.05, 0) is 20.3 Å². The van der Waals surface area contributed by atoms with Crippen molar-refractivity contribution in [2.45, 2.75) is 39.7 Å². The van der Waals surface area contributed by atoms with Crippen LogP contribution in [0.5, 0.6) is 0 Å². The Kier molecular flexibility index (Phi) is 6.82. The molecular weight excluding hydrogens is 252 g/mol. The molecule has 1 N–H and O–H groups in total. The number of hydrogen-bond donors (Lipinski definition) is 1. The van der Waals surface area contributed by atoms with E-state index in [1.807, 2.05) is 0 Å². The molecule has 0 amide bonds. The maximum absolute atomic E-state index is 12.0. The van der Waals surface area contributed by atoms with Crippen LogP contribution in [0.25, 0.3) is 0 Å². The van der Waals surface area contributed by atoms with Crippen LogP contribution >= 0.6 is 0 Å². The van der Waals surface area contributed by atoms with Gasteiger partial charge in [-0.3, -0.25) is 14.4 Å². The van der Waals surface area contributed by atoms with Crippen molar-refractivity contribution in [3.8, 4) is 0 Å². The second-order valence-corrected chi connectivity index (χ2v) is 4.05. The van der Waals surface area contributed by atoms with Crippen LogP contribution < -0.4 is 0 Å². The Labute approximate surface area is 112 Å². The topological polar surface area (TPSA) is 89.9 Å². The zero-order valence-corrected chi connectivity index (χ0v) is 11.5. The standard InChI is InChI=1S/C13H20O6/c1-5-8-13(10(14)15,11(16)18-7-3)12(17)19-9(4)6-2/h5,9H,1,6-8H2,2-4H3,(H,14,15). The summed E-state index contributed by atoms with van der Waals surface area (Å²) >= 11 is 0. The van der Waals surface area contributed by atoms with Gasteiger partial charge in [-0.1, -0.05) is 13.0 Å². The number of ether oxygens (including phenoxy) is 2. The molecule has 0 aliphatic rings. The van der Waals surface area contributed by atoms with Crippen LogP contribution in [0.3, 0.4) is 0 Å². The maximum atomic E-state index is 12.0. The van der Waals surface area contributed by atoms with Crippen molar-refractivity contribution in [1.82, 2.24) is 0 Å². The van der Waals surface area contributed by atoms with E-state index in [1.54, 1.807) is 13.8 Å². The summed E-state index contributed by atoms with van der Waals surface area (Å²) in [6.45, 7) is 8.26. The van der Waals surface area contributed by atoms with Crippen LogP contribution in [-0.2, 0) is 23.9 Å². The monoisotopic (exact) mass is 272 g/mol. The minimum Gasteiger partial charge on any atom is -0.480 e. The molecule has 0 saturated heterocycles. The Morgan fingerprint density at radius 1 is 1.32 bits per heavy atom. The number of carboxylic acid groups (broad SMARTS) is 1. The van der Waals surface area contributed by atoms with Crippen molar-refractivity contribution in [2.24, 2.45) is 5.41 Å². The van der Waals surface area contributed by atoms with Gasteiger partial charge in [-0.2, -0.15) is 0 Å². The largest absolute Gasteiger partial charge is 0.480 e. The third-order valence-corrected chi connectivity index (χ3v) is 2.67. The number of aliphatic carboxylic acids is 1. The molecule has 2 unspecified atom stereocenters. The lowest BCUT2D eigenvalue weighted by Crippen LogP contribution is -2.49. The molecule has 108 valence electrons. The number of carboxylic acids is 1. The first kappa shape index (κ1) is 17.2. The number of allylic oxidation sites excluding steroid dienone is 1. The fourth-order valence-corrected chi connectivity index (χ4v) is 1.35. The normalized spacial score (nSPS) is 14.9. The SMILES string of the molecule is C=CCC(C(=O)O)(C(=O)OCC)C(=O)OC(C)CC. The van der Waals surface area contributed by atoms with Gasteiger partial charge in [-0.25, -0.2) is 0 Å². The lowest BCUT2D eigenvalue weighted by atomic mass is 9.84.